The van der Waals surface area contributed by atoms with Crippen molar-refractivity contribution in [2.24, 2.45) is 5.73 Å². The van der Waals surface area contributed by atoms with Gasteiger partial charge in [0.25, 0.3) is 0 Å². The Kier molecular flexibility index (Phi) is 4.31. The van der Waals surface area contributed by atoms with Crippen LogP contribution in [0.1, 0.15) is 37.1 Å². The monoisotopic (exact) mass is 346 g/mol. The molecule has 3 heterocycles. The Labute approximate surface area is 152 Å². The lowest BCUT2D eigenvalue weighted by atomic mass is 10.1. The third kappa shape index (κ3) is 2.91. The molecule has 3 aromatic rings. The molecule has 1 aliphatic rings. The molecule has 2 atom stereocenters. The predicted molar refractivity (Wildman–Crippen MR) is 102 cm³/mol. The van der Waals surface area contributed by atoms with Crippen molar-refractivity contribution in [1.82, 2.24) is 14.5 Å². The molecule has 2 N–H and O–H groups in total. The number of rotatable bonds is 3. The van der Waals surface area contributed by atoms with Crippen LogP contribution in [0.5, 0.6) is 0 Å². The van der Waals surface area contributed by atoms with Crippen molar-refractivity contribution < 1.29 is 0 Å². The van der Waals surface area contributed by atoms with Gasteiger partial charge in [0.1, 0.15) is 6.07 Å². The third-order valence-electron chi connectivity index (χ3n) is 5.05. The Hall–Kier alpha value is -2.91. The number of piperidine rings is 1. The number of benzene rings is 1. The lowest BCUT2D eigenvalue weighted by molar-refractivity contribution is 0.489. The summed E-state index contributed by atoms with van der Waals surface area (Å²) in [6, 6.07) is 14.2. The van der Waals surface area contributed by atoms with Gasteiger partial charge in [0.2, 0.25) is 5.95 Å². The Morgan fingerprint density at radius 1 is 1.27 bits per heavy atom. The van der Waals surface area contributed by atoms with Crippen LogP contribution < -0.4 is 10.6 Å². The van der Waals surface area contributed by atoms with E-state index in [1.165, 1.54) is 0 Å². The number of hydrogen-bond donors (Lipinski definition) is 1. The first-order valence-electron chi connectivity index (χ1n) is 9.01. The van der Waals surface area contributed by atoms with E-state index in [0.29, 0.717) is 5.56 Å². The largest absolute Gasteiger partial charge is 0.341 e. The van der Waals surface area contributed by atoms with Gasteiger partial charge in [-0.2, -0.15) is 5.26 Å². The predicted octanol–water partition coefficient (Wildman–Crippen LogP) is 2.84. The van der Waals surface area contributed by atoms with E-state index in [0.717, 1.165) is 48.6 Å². The van der Waals surface area contributed by atoms with Crippen molar-refractivity contribution in [3.05, 3.63) is 53.9 Å². The zero-order chi connectivity index (χ0) is 18.1. The second-order valence-electron chi connectivity index (χ2n) is 6.88. The molecule has 0 spiro atoms. The molecule has 26 heavy (non-hydrogen) atoms. The summed E-state index contributed by atoms with van der Waals surface area (Å²) >= 11 is 0. The maximum Gasteiger partial charge on any atom is 0.207 e. The van der Waals surface area contributed by atoms with Gasteiger partial charge >= 0.3 is 0 Å². The topological polar surface area (TPSA) is 83.8 Å². The van der Waals surface area contributed by atoms with E-state index in [1.54, 1.807) is 6.20 Å². The summed E-state index contributed by atoms with van der Waals surface area (Å²) in [4.78, 5) is 11.7. The average molecular weight is 346 g/mol. The summed E-state index contributed by atoms with van der Waals surface area (Å²) in [6.07, 6.45) is 3.76. The van der Waals surface area contributed by atoms with Crippen LogP contribution in [0.2, 0.25) is 0 Å². The minimum Gasteiger partial charge on any atom is -0.341 e. The molecular weight excluding hydrogens is 324 g/mol. The lowest BCUT2D eigenvalue weighted by Crippen LogP contribution is -2.44. The Morgan fingerprint density at radius 3 is 2.85 bits per heavy atom. The van der Waals surface area contributed by atoms with E-state index >= 15 is 0 Å². The molecule has 1 saturated heterocycles. The van der Waals surface area contributed by atoms with Crippen molar-refractivity contribution in [2.75, 3.05) is 18.0 Å². The highest BCUT2D eigenvalue weighted by atomic mass is 15.3. The van der Waals surface area contributed by atoms with Gasteiger partial charge in [-0.3, -0.25) is 4.98 Å². The fraction of sp³-hybridized carbons (Fsp3) is 0.350. The number of nitrogens with two attached hydrogens (primary N) is 1. The highest BCUT2D eigenvalue weighted by molar-refractivity contribution is 5.79. The highest BCUT2D eigenvalue weighted by Gasteiger charge is 2.25. The van der Waals surface area contributed by atoms with Crippen LogP contribution in [0, 0.1) is 11.3 Å². The van der Waals surface area contributed by atoms with Crippen LogP contribution in [0.3, 0.4) is 0 Å². The molecular formula is C20H22N6. The van der Waals surface area contributed by atoms with Gasteiger partial charge in [-0.15, -0.1) is 0 Å². The van der Waals surface area contributed by atoms with Gasteiger partial charge in [0.05, 0.1) is 28.3 Å². The molecule has 0 amide bonds. The zero-order valence-electron chi connectivity index (χ0n) is 14.8. The van der Waals surface area contributed by atoms with Gasteiger partial charge in [-0.1, -0.05) is 12.1 Å². The number of nitriles is 1. The van der Waals surface area contributed by atoms with Gasteiger partial charge < -0.3 is 15.2 Å². The summed E-state index contributed by atoms with van der Waals surface area (Å²) in [5, 5.41) is 9.01. The van der Waals surface area contributed by atoms with Crippen LogP contribution in [0.25, 0.3) is 11.0 Å². The Bertz CT molecular complexity index is 953. The summed E-state index contributed by atoms with van der Waals surface area (Å²) in [6.45, 7) is 3.90. The number of imidazole rings is 1. The first kappa shape index (κ1) is 16.6. The van der Waals surface area contributed by atoms with Crippen molar-refractivity contribution in [1.29, 1.82) is 5.26 Å². The summed E-state index contributed by atoms with van der Waals surface area (Å²) in [5.74, 6) is 0.944. The van der Waals surface area contributed by atoms with Crippen LogP contribution in [0.15, 0.2) is 42.6 Å². The number of anilines is 1. The lowest BCUT2D eigenvalue weighted by Gasteiger charge is -2.33. The average Bonchev–Trinajstić information content (AvgIpc) is 3.07. The van der Waals surface area contributed by atoms with Gasteiger partial charge in [-0.05, 0) is 44.0 Å². The summed E-state index contributed by atoms with van der Waals surface area (Å²) < 4.78 is 2.24. The number of hydrogen-bond acceptors (Lipinski definition) is 5. The van der Waals surface area contributed by atoms with Crippen LogP contribution in [-0.4, -0.2) is 33.7 Å². The molecule has 2 aromatic heterocycles. The molecule has 4 rings (SSSR count). The maximum absolute atomic E-state index is 9.01. The van der Waals surface area contributed by atoms with Crippen LogP contribution in [0.4, 0.5) is 5.95 Å². The molecule has 0 bridgehead atoms. The van der Waals surface area contributed by atoms with E-state index in [1.807, 2.05) is 30.3 Å². The molecule has 6 nitrogen and oxygen atoms in total. The van der Waals surface area contributed by atoms with E-state index in [2.05, 4.69) is 33.5 Å². The Morgan fingerprint density at radius 2 is 2.12 bits per heavy atom. The van der Waals surface area contributed by atoms with Crippen molar-refractivity contribution >= 4 is 17.0 Å². The molecule has 132 valence electrons. The number of pyridine rings is 1. The van der Waals surface area contributed by atoms with Crippen LogP contribution >= 0.6 is 0 Å². The number of para-hydroxylation sites is 2. The fourth-order valence-corrected chi connectivity index (χ4v) is 3.68. The van der Waals surface area contributed by atoms with E-state index < -0.39 is 0 Å². The van der Waals surface area contributed by atoms with E-state index in [-0.39, 0.29) is 12.1 Å². The summed E-state index contributed by atoms with van der Waals surface area (Å²) in [7, 11) is 0. The first-order chi connectivity index (χ1) is 12.7. The molecule has 1 aromatic carbocycles. The second kappa shape index (κ2) is 6.77. The number of aromatic nitrogens is 3. The minimum atomic E-state index is 0.00305. The minimum absolute atomic E-state index is 0.00305. The normalized spacial score (nSPS) is 18.7. The zero-order valence-corrected chi connectivity index (χ0v) is 14.8. The molecule has 0 saturated carbocycles. The quantitative estimate of drug-likeness (QED) is 0.788. The molecule has 0 aliphatic carbocycles. The molecule has 1 fully saturated rings. The van der Waals surface area contributed by atoms with Gasteiger partial charge in [0, 0.05) is 25.3 Å². The fourth-order valence-electron chi connectivity index (χ4n) is 3.68. The first-order valence-corrected chi connectivity index (χ1v) is 9.01. The van der Waals surface area contributed by atoms with Crippen molar-refractivity contribution in [3.8, 4) is 6.07 Å². The van der Waals surface area contributed by atoms with Gasteiger partial charge in [-0.25, -0.2) is 4.98 Å². The van der Waals surface area contributed by atoms with Crippen molar-refractivity contribution in [3.63, 3.8) is 0 Å². The standard InChI is InChI=1S/C20H22N6/c1-14(17-9-8-15(11-21)12-23-17)26-19-7-3-2-6-18(19)24-20(26)25-10-4-5-16(22)13-25/h2-3,6-9,12,14,16H,4-5,10,13,22H2,1H3/t14-,16?/m0/s1. The van der Waals surface area contributed by atoms with Crippen molar-refractivity contribution in [2.45, 2.75) is 31.8 Å². The van der Waals surface area contributed by atoms with Crippen LogP contribution in [-0.2, 0) is 0 Å². The molecule has 1 aliphatic heterocycles. The van der Waals surface area contributed by atoms with E-state index in [9.17, 15) is 0 Å². The highest BCUT2D eigenvalue weighted by Crippen LogP contribution is 2.31. The smallest absolute Gasteiger partial charge is 0.207 e. The SMILES string of the molecule is C[C@@H](c1ccc(C#N)cn1)n1c(N2CCCC(N)C2)nc2ccccc21. The van der Waals surface area contributed by atoms with Gasteiger partial charge in [0.15, 0.2) is 0 Å². The third-order valence-corrected chi connectivity index (χ3v) is 5.05. The van der Waals surface area contributed by atoms with E-state index in [4.69, 9.17) is 16.0 Å². The number of fused-ring (bicyclic) bond motifs is 1. The molecule has 0 radical (unpaired) electrons. The summed E-state index contributed by atoms with van der Waals surface area (Å²) in [5.41, 5.74) is 9.74. The second-order valence-corrected chi connectivity index (χ2v) is 6.88. The Balaban J connectivity index is 1.81. The number of nitrogens with zero attached hydrogens (tertiary/aromatic N) is 5. The molecule has 6 heteroatoms. The molecule has 1 unspecified atom stereocenters. The maximum atomic E-state index is 9.01.